The van der Waals surface area contributed by atoms with Crippen LogP contribution >= 0.6 is 0 Å². The van der Waals surface area contributed by atoms with Crippen LogP contribution in [0.25, 0.3) is 0 Å². The maximum absolute atomic E-state index is 13.1. The molecule has 0 aliphatic carbocycles. The molecule has 1 aromatic heterocycles. The normalized spacial score (nSPS) is 13.6. The third-order valence-electron chi connectivity index (χ3n) is 4.77. The van der Waals surface area contributed by atoms with Gasteiger partial charge in [0.05, 0.1) is 12.9 Å². The molecule has 0 bridgehead atoms. The van der Waals surface area contributed by atoms with E-state index >= 15 is 0 Å². The standard InChI is InChI=1S/C25H43N5O6/c1-15(2)13-17(23(34)36-25(6,7)8)30-21(32)19-18(27-14-28-19)20(31)29-16(11-9-10-12-26)22(33)35-24(3,4)5/h14-17H,9-13,26H2,1-8H3,(H,27,28)(H,29,31)(H,30,32)/p+1/t16-,17-/m0/s1. The van der Waals surface area contributed by atoms with Gasteiger partial charge in [-0.05, 0) is 73.1 Å². The predicted octanol–water partition coefficient (Wildman–Crippen LogP) is 1.75. The number of aromatic nitrogens is 2. The molecule has 0 unspecified atom stereocenters. The van der Waals surface area contributed by atoms with Crippen molar-refractivity contribution in [1.29, 1.82) is 0 Å². The monoisotopic (exact) mass is 510 g/mol. The number of nitrogens with one attached hydrogen (secondary N) is 3. The van der Waals surface area contributed by atoms with Crippen LogP contribution in [0.2, 0.25) is 0 Å². The highest BCUT2D eigenvalue weighted by molar-refractivity contribution is 6.06. The van der Waals surface area contributed by atoms with Gasteiger partial charge in [0.25, 0.3) is 11.8 Å². The summed E-state index contributed by atoms with van der Waals surface area (Å²) < 4.78 is 10.9. The molecular formula is C25H44N5O6+. The number of H-pyrrole nitrogens is 1. The third-order valence-corrected chi connectivity index (χ3v) is 4.77. The molecule has 0 saturated heterocycles. The second-order valence-electron chi connectivity index (χ2n) is 11.2. The van der Waals surface area contributed by atoms with Gasteiger partial charge in [-0.2, -0.15) is 0 Å². The summed E-state index contributed by atoms with van der Waals surface area (Å²) in [4.78, 5) is 58.1. The number of carbonyl (C=O) groups is 4. The van der Waals surface area contributed by atoms with Crippen molar-refractivity contribution in [2.24, 2.45) is 5.92 Å². The van der Waals surface area contributed by atoms with E-state index < -0.39 is 47.0 Å². The molecule has 0 spiro atoms. The summed E-state index contributed by atoms with van der Waals surface area (Å²) in [5, 5.41) is 5.30. The zero-order valence-corrected chi connectivity index (χ0v) is 22.9. The van der Waals surface area contributed by atoms with Crippen LogP contribution in [-0.4, -0.2) is 63.6 Å². The number of nitrogens with zero attached hydrogens (tertiary/aromatic N) is 1. The average Bonchev–Trinajstić information content (AvgIpc) is 3.20. The van der Waals surface area contributed by atoms with E-state index in [4.69, 9.17) is 9.47 Å². The number of ether oxygens (including phenoxy) is 2. The Morgan fingerprint density at radius 3 is 1.94 bits per heavy atom. The van der Waals surface area contributed by atoms with Crippen molar-refractivity contribution in [3.8, 4) is 0 Å². The van der Waals surface area contributed by atoms with E-state index in [9.17, 15) is 19.2 Å². The minimum absolute atomic E-state index is 0.0951. The number of carbonyl (C=O) groups excluding carboxylic acids is 4. The summed E-state index contributed by atoms with van der Waals surface area (Å²) in [6, 6.07) is -1.82. The minimum Gasteiger partial charge on any atom is -0.458 e. The van der Waals surface area contributed by atoms with Crippen molar-refractivity contribution in [2.75, 3.05) is 6.54 Å². The molecule has 1 heterocycles. The summed E-state index contributed by atoms with van der Waals surface area (Å²) in [5.41, 5.74) is 2.04. The summed E-state index contributed by atoms with van der Waals surface area (Å²) >= 11 is 0. The van der Waals surface area contributed by atoms with Crippen LogP contribution in [0.1, 0.15) is 102 Å². The number of hydrogen-bond acceptors (Lipinski definition) is 7. The summed E-state index contributed by atoms with van der Waals surface area (Å²) in [6.07, 6.45) is 3.37. The van der Waals surface area contributed by atoms with Crippen molar-refractivity contribution in [3.63, 3.8) is 0 Å². The number of aromatic amines is 1. The smallest absolute Gasteiger partial charge is 0.329 e. The van der Waals surface area contributed by atoms with Crippen molar-refractivity contribution in [1.82, 2.24) is 20.6 Å². The number of unbranched alkanes of at least 4 members (excludes halogenated alkanes) is 1. The van der Waals surface area contributed by atoms with Gasteiger partial charge in [-0.15, -0.1) is 0 Å². The summed E-state index contributed by atoms with van der Waals surface area (Å²) in [7, 11) is 0. The third kappa shape index (κ3) is 11.2. The average molecular weight is 511 g/mol. The molecule has 0 saturated carbocycles. The molecular weight excluding hydrogens is 466 g/mol. The topological polar surface area (TPSA) is 167 Å². The largest absolute Gasteiger partial charge is 0.458 e. The van der Waals surface area contributed by atoms with E-state index in [2.05, 4.69) is 26.3 Å². The second-order valence-corrected chi connectivity index (χ2v) is 11.2. The van der Waals surface area contributed by atoms with Crippen LogP contribution < -0.4 is 16.4 Å². The van der Waals surface area contributed by atoms with Crippen LogP contribution in [0, 0.1) is 5.92 Å². The lowest BCUT2D eigenvalue weighted by Gasteiger charge is -2.25. The van der Waals surface area contributed by atoms with Crippen LogP contribution in [-0.2, 0) is 19.1 Å². The highest BCUT2D eigenvalue weighted by Gasteiger charge is 2.32. The first kappa shape index (κ1) is 31.1. The first-order valence-corrected chi connectivity index (χ1v) is 12.4. The SMILES string of the molecule is CC(C)C[C@H](NC(=O)c1nc[nH]c1C(=O)N[C@@H](CCCC[NH3+])C(=O)OC(C)(C)C)C(=O)OC(C)(C)C. The zero-order valence-electron chi connectivity index (χ0n) is 22.9. The molecule has 0 radical (unpaired) electrons. The molecule has 0 aliphatic rings. The van der Waals surface area contributed by atoms with Crippen molar-refractivity contribution in [3.05, 3.63) is 17.7 Å². The Labute approximate surface area is 213 Å². The highest BCUT2D eigenvalue weighted by Crippen LogP contribution is 2.15. The van der Waals surface area contributed by atoms with Crippen molar-refractivity contribution < 1.29 is 34.4 Å². The Morgan fingerprint density at radius 1 is 0.917 bits per heavy atom. The highest BCUT2D eigenvalue weighted by atomic mass is 16.6. The van der Waals surface area contributed by atoms with Gasteiger partial charge in [-0.25, -0.2) is 14.6 Å². The molecule has 0 fully saturated rings. The van der Waals surface area contributed by atoms with Gasteiger partial charge in [0.2, 0.25) is 0 Å². The first-order chi connectivity index (χ1) is 16.5. The number of esters is 2. The van der Waals surface area contributed by atoms with Gasteiger partial charge in [0, 0.05) is 0 Å². The molecule has 1 aromatic rings. The Kier molecular flexibility index (Phi) is 11.6. The van der Waals surface area contributed by atoms with E-state index in [0.29, 0.717) is 25.8 Å². The van der Waals surface area contributed by atoms with Gasteiger partial charge in [-0.3, -0.25) is 9.59 Å². The molecule has 0 aliphatic heterocycles. The Bertz CT molecular complexity index is 897. The minimum atomic E-state index is -0.915. The number of imidazole rings is 1. The van der Waals surface area contributed by atoms with Crippen LogP contribution in [0.5, 0.6) is 0 Å². The quantitative estimate of drug-likeness (QED) is 0.245. The van der Waals surface area contributed by atoms with Crippen molar-refractivity contribution in [2.45, 2.75) is 104 Å². The van der Waals surface area contributed by atoms with Gasteiger partial charge in [0.1, 0.15) is 29.0 Å². The van der Waals surface area contributed by atoms with E-state index in [-0.39, 0.29) is 17.3 Å². The summed E-state index contributed by atoms with van der Waals surface area (Å²) in [5.74, 6) is -2.42. The number of rotatable bonds is 12. The Balaban J connectivity index is 3.06. The summed E-state index contributed by atoms with van der Waals surface area (Å²) in [6.45, 7) is 15.0. The Morgan fingerprint density at radius 2 is 1.44 bits per heavy atom. The lowest BCUT2D eigenvalue weighted by Crippen LogP contribution is -2.50. The second kappa shape index (κ2) is 13.4. The van der Waals surface area contributed by atoms with Gasteiger partial charge < -0.3 is 30.8 Å². The van der Waals surface area contributed by atoms with Crippen molar-refractivity contribution >= 4 is 23.8 Å². The fraction of sp³-hybridized carbons (Fsp3) is 0.720. The Hall–Kier alpha value is -2.95. The predicted molar refractivity (Wildman–Crippen MR) is 134 cm³/mol. The fourth-order valence-electron chi connectivity index (χ4n) is 3.30. The molecule has 0 aromatic carbocycles. The molecule has 204 valence electrons. The van der Waals surface area contributed by atoms with E-state index in [1.165, 1.54) is 6.33 Å². The van der Waals surface area contributed by atoms with Gasteiger partial charge in [-0.1, -0.05) is 13.8 Å². The van der Waals surface area contributed by atoms with Gasteiger partial charge in [0.15, 0.2) is 5.69 Å². The molecule has 11 heteroatoms. The van der Waals surface area contributed by atoms with E-state index in [1.807, 2.05) is 13.8 Å². The van der Waals surface area contributed by atoms with E-state index in [0.717, 1.165) is 6.42 Å². The molecule has 2 amide bonds. The van der Waals surface area contributed by atoms with Gasteiger partial charge >= 0.3 is 11.9 Å². The zero-order chi connectivity index (χ0) is 27.7. The first-order valence-electron chi connectivity index (χ1n) is 12.4. The molecule has 11 nitrogen and oxygen atoms in total. The lowest BCUT2D eigenvalue weighted by molar-refractivity contribution is -0.368. The molecule has 1 rings (SSSR count). The van der Waals surface area contributed by atoms with Crippen LogP contribution in [0.15, 0.2) is 6.33 Å². The number of amides is 2. The lowest BCUT2D eigenvalue weighted by atomic mass is 10.0. The fourth-order valence-corrected chi connectivity index (χ4v) is 3.30. The number of hydrogen-bond donors (Lipinski definition) is 4. The van der Waals surface area contributed by atoms with Crippen LogP contribution in [0.3, 0.4) is 0 Å². The molecule has 2 atom stereocenters. The maximum atomic E-state index is 13.1. The number of quaternary nitrogens is 1. The molecule has 6 N–H and O–H groups in total. The van der Waals surface area contributed by atoms with E-state index in [1.54, 1.807) is 41.5 Å². The maximum Gasteiger partial charge on any atom is 0.329 e. The molecule has 36 heavy (non-hydrogen) atoms. The van der Waals surface area contributed by atoms with Crippen LogP contribution in [0.4, 0.5) is 0 Å².